The number of halogens is 2. The van der Waals surface area contributed by atoms with Crippen LogP contribution in [0.4, 0.5) is 13.8 Å². The summed E-state index contributed by atoms with van der Waals surface area (Å²) < 4.78 is 33.4. The summed E-state index contributed by atoms with van der Waals surface area (Å²) in [6, 6.07) is 5.10. The number of nitriles is 1. The van der Waals surface area contributed by atoms with Crippen molar-refractivity contribution in [3.05, 3.63) is 40.7 Å². The number of anilines is 1. The quantitative estimate of drug-likeness (QED) is 0.404. The normalized spacial score (nSPS) is 28.5. The Morgan fingerprint density at radius 2 is 2.11 bits per heavy atom. The molecule has 5 heterocycles. The number of piperidine rings is 1. The number of nitrogen functional groups attached to an aromatic ring is 1. The lowest BCUT2D eigenvalue weighted by Crippen LogP contribution is -2.22. The number of hydrogen-bond donors (Lipinski definition) is 2. The topological polar surface area (TPSA) is 92.5 Å². The van der Waals surface area contributed by atoms with Crippen molar-refractivity contribution in [1.82, 2.24) is 20.1 Å². The van der Waals surface area contributed by atoms with E-state index in [0.717, 1.165) is 54.0 Å². The van der Waals surface area contributed by atoms with Gasteiger partial charge in [-0.1, -0.05) is 6.92 Å². The van der Waals surface area contributed by atoms with Gasteiger partial charge in [0, 0.05) is 27.9 Å². The van der Waals surface area contributed by atoms with Crippen LogP contribution in [-0.2, 0) is 0 Å². The van der Waals surface area contributed by atoms with Crippen molar-refractivity contribution < 1.29 is 8.78 Å². The molecule has 1 spiro atoms. The van der Waals surface area contributed by atoms with E-state index in [4.69, 9.17) is 15.8 Å². The fourth-order valence-electron chi connectivity index (χ4n) is 6.87. The molecule has 2 aliphatic carbocycles. The lowest BCUT2D eigenvalue weighted by Gasteiger charge is -2.18. The first kappa shape index (κ1) is 20.2. The van der Waals surface area contributed by atoms with Gasteiger partial charge >= 0.3 is 0 Å². The number of benzene rings is 1. The number of aromatic nitrogens is 3. The van der Waals surface area contributed by atoms with Crippen molar-refractivity contribution in [2.75, 3.05) is 18.8 Å². The third-order valence-electron chi connectivity index (χ3n) is 8.56. The Balaban J connectivity index is 1.47. The van der Waals surface area contributed by atoms with Crippen LogP contribution in [0.15, 0.2) is 12.1 Å². The number of nitrogens with zero attached hydrogens (tertiary/aromatic N) is 4. The Bertz CT molecular complexity index is 1670. The minimum Gasteiger partial charge on any atom is -0.389 e. The van der Waals surface area contributed by atoms with Crippen LogP contribution in [0.25, 0.3) is 32.2 Å². The van der Waals surface area contributed by atoms with E-state index in [0.29, 0.717) is 28.3 Å². The fraction of sp³-hybridized carbons (Fsp3) is 0.400. The van der Waals surface area contributed by atoms with Gasteiger partial charge in [-0.05, 0) is 55.1 Å². The Morgan fingerprint density at radius 1 is 1.29 bits per heavy atom. The van der Waals surface area contributed by atoms with Gasteiger partial charge in [-0.15, -0.1) is 11.3 Å². The van der Waals surface area contributed by atoms with Crippen molar-refractivity contribution in [2.45, 2.75) is 42.9 Å². The molecule has 3 aromatic heterocycles. The van der Waals surface area contributed by atoms with E-state index in [1.54, 1.807) is 0 Å². The maximum atomic E-state index is 16.6. The SMILES string of the molecule is CC1[B][C@@]23CNC[C@@H]2C3c2nn(C3CC3)c3c(F)c(-c4ccc(F)c5sc(N)c(C#N)c45)nc1c23. The summed E-state index contributed by atoms with van der Waals surface area (Å²) in [5, 5.41) is 19.8. The van der Waals surface area contributed by atoms with Gasteiger partial charge in [0.05, 0.1) is 22.0 Å². The largest absolute Gasteiger partial charge is 0.389 e. The van der Waals surface area contributed by atoms with Crippen molar-refractivity contribution in [2.24, 2.45) is 5.92 Å². The molecule has 0 amide bonds. The number of hydrogen-bond acceptors (Lipinski definition) is 6. The summed E-state index contributed by atoms with van der Waals surface area (Å²) in [7, 11) is 2.39. The third-order valence-corrected chi connectivity index (χ3v) is 9.59. The highest BCUT2D eigenvalue weighted by Crippen LogP contribution is 2.74. The van der Waals surface area contributed by atoms with Gasteiger partial charge in [0.1, 0.15) is 35.4 Å². The van der Waals surface area contributed by atoms with Gasteiger partial charge in [-0.3, -0.25) is 4.68 Å². The predicted molar refractivity (Wildman–Crippen MR) is 132 cm³/mol. The number of pyridine rings is 1. The molecule has 4 atom stereocenters. The molecular formula is C25H20BF2N6S. The second-order valence-corrected chi connectivity index (χ2v) is 11.5. The lowest BCUT2D eigenvalue weighted by molar-refractivity contribution is 0.593. The van der Waals surface area contributed by atoms with Crippen LogP contribution in [0, 0.1) is 28.9 Å². The first-order chi connectivity index (χ1) is 16.9. The molecule has 0 bridgehead atoms. The molecular weight excluding hydrogens is 465 g/mol. The van der Waals surface area contributed by atoms with E-state index in [-0.39, 0.29) is 38.1 Å². The molecule has 10 heteroatoms. The summed E-state index contributed by atoms with van der Waals surface area (Å²) in [4.78, 5) is 4.92. The van der Waals surface area contributed by atoms with Gasteiger partial charge in [0.15, 0.2) is 5.82 Å². The maximum Gasteiger partial charge on any atom is 0.175 e. The number of nitrogens with two attached hydrogens (primary N) is 1. The molecule has 35 heavy (non-hydrogen) atoms. The molecule has 1 radical (unpaired) electrons. The van der Waals surface area contributed by atoms with E-state index in [1.165, 1.54) is 12.1 Å². The van der Waals surface area contributed by atoms with Gasteiger partial charge in [0.25, 0.3) is 0 Å². The number of thiophene rings is 1. The van der Waals surface area contributed by atoms with E-state index >= 15 is 4.39 Å². The van der Waals surface area contributed by atoms with Gasteiger partial charge in [-0.25, -0.2) is 13.8 Å². The zero-order chi connectivity index (χ0) is 23.8. The van der Waals surface area contributed by atoms with Gasteiger partial charge in [0.2, 0.25) is 0 Å². The van der Waals surface area contributed by atoms with Crippen LogP contribution in [0.5, 0.6) is 0 Å². The van der Waals surface area contributed by atoms with Crippen molar-refractivity contribution in [3.8, 4) is 17.3 Å². The molecule has 4 aromatic rings. The number of nitrogens with one attached hydrogen (secondary N) is 1. The van der Waals surface area contributed by atoms with Crippen molar-refractivity contribution in [1.29, 1.82) is 5.26 Å². The zero-order valence-electron chi connectivity index (χ0n) is 18.9. The molecule has 6 nitrogen and oxygen atoms in total. The summed E-state index contributed by atoms with van der Waals surface area (Å²) >= 11 is 1.01. The number of fused-ring (bicyclic) bond motifs is 3. The van der Waals surface area contributed by atoms with Crippen LogP contribution in [0.1, 0.15) is 54.5 Å². The van der Waals surface area contributed by atoms with Gasteiger partial charge < -0.3 is 11.1 Å². The molecule has 2 unspecified atom stereocenters. The average Bonchev–Trinajstić information content (AvgIpc) is 3.64. The maximum absolute atomic E-state index is 16.6. The zero-order valence-corrected chi connectivity index (χ0v) is 19.7. The van der Waals surface area contributed by atoms with E-state index in [9.17, 15) is 9.65 Å². The fourth-order valence-corrected chi connectivity index (χ4v) is 7.82. The Labute approximate surface area is 204 Å². The summed E-state index contributed by atoms with van der Waals surface area (Å²) in [5.41, 5.74) is 9.04. The highest BCUT2D eigenvalue weighted by molar-refractivity contribution is 7.23. The lowest BCUT2D eigenvalue weighted by atomic mass is 9.51. The summed E-state index contributed by atoms with van der Waals surface area (Å²) in [5.74, 6) is -0.145. The first-order valence-corrected chi connectivity index (χ1v) is 12.9. The van der Waals surface area contributed by atoms with E-state index in [2.05, 4.69) is 25.6 Å². The van der Waals surface area contributed by atoms with Crippen molar-refractivity contribution in [3.63, 3.8) is 0 Å². The number of rotatable bonds is 2. The molecule has 2 saturated carbocycles. The summed E-state index contributed by atoms with van der Waals surface area (Å²) in [6.45, 7) is 3.99. The molecule has 1 saturated heterocycles. The highest BCUT2D eigenvalue weighted by Gasteiger charge is 2.69. The molecule has 3 N–H and O–H groups in total. The second-order valence-electron chi connectivity index (χ2n) is 10.5. The Kier molecular flexibility index (Phi) is 3.69. The predicted octanol–water partition coefficient (Wildman–Crippen LogP) is 4.63. The van der Waals surface area contributed by atoms with E-state index < -0.39 is 11.6 Å². The monoisotopic (exact) mass is 485 g/mol. The Morgan fingerprint density at radius 3 is 2.89 bits per heavy atom. The average molecular weight is 485 g/mol. The highest BCUT2D eigenvalue weighted by atomic mass is 32.1. The van der Waals surface area contributed by atoms with E-state index in [1.807, 2.05) is 4.68 Å². The minimum atomic E-state index is -0.479. The van der Waals surface area contributed by atoms with Gasteiger partial charge in [-0.2, -0.15) is 10.4 Å². The molecule has 1 aromatic carbocycles. The van der Waals surface area contributed by atoms with Crippen LogP contribution in [0.2, 0.25) is 5.31 Å². The van der Waals surface area contributed by atoms with Crippen LogP contribution >= 0.6 is 11.3 Å². The smallest absolute Gasteiger partial charge is 0.175 e. The Hall–Kier alpha value is -3.03. The standard InChI is InChI=1S/C25H20BF2N6S/c1-9-19-16-21(17-13-7-31-8-25(13,17)26-9)33-34(10-2-3-10)22(16)18(28)20(32-19)11-4-5-14(27)23-15(11)12(6-29)24(30)35-23/h4-5,9-10,13,17,31H,2-3,7-8,30H2,1H3/t9?,13-,17?,25+/m1/s1. The van der Waals surface area contributed by atoms with Crippen molar-refractivity contribution >= 4 is 44.6 Å². The second kappa shape index (κ2) is 6.39. The first-order valence-electron chi connectivity index (χ1n) is 12.0. The van der Waals surface area contributed by atoms with Crippen LogP contribution in [0.3, 0.4) is 0 Å². The molecule has 2 aliphatic heterocycles. The van der Waals surface area contributed by atoms with Crippen LogP contribution in [-0.4, -0.2) is 35.1 Å². The molecule has 8 rings (SSSR count). The molecule has 3 fully saturated rings. The molecule has 4 aliphatic rings. The molecule has 173 valence electrons. The summed E-state index contributed by atoms with van der Waals surface area (Å²) in [6.07, 6.45) is 1.96. The third kappa shape index (κ3) is 2.36. The minimum absolute atomic E-state index is 0.00118. The van der Waals surface area contributed by atoms with Crippen LogP contribution < -0.4 is 11.1 Å².